The molecular weight excluding hydrogens is 306 g/mol. The SMILES string of the molecule is C[C@H]1[C@@H]2[C@H]1[C@](C)(C=N)[C@@]1(C)CC[C@H]3[C@H]([C@H]21)[C@H](C)CC1=CC(=O)CC[C@@H]13. The summed E-state index contributed by atoms with van der Waals surface area (Å²) in [6, 6.07) is 0. The van der Waals surface area contributed by atoms with Crippen molar-refractivity contribution in [2.24, 2.45) is 58.2 Å². The zero-order chi connectivity index (χ0) is 17.7. The summed E-state index contributed by atoms with van der Waals surface area (Å²) in [5, 5.41) is 8.27. The Morgan fingerprint density at radius 3 is 2.64 bits per heavy atom. The van der Waals surface area contributed by atoms with Crippen molar-refractivity contribution in [3.63, 3.8) is 0 Å². The molecule has 0 aromatic carbocycles. The van der Waals surface area contributed by atoms with Crippen LogP contribution in [0.15, 0.2) is 11.6 Å². The van der Waals surface area contributed by atoms with E-state index in [1.54, 1.807) is 0 Å². The van der Waals surface area contributed by atoms with Gasteiger partial charge in [0.2, 0.25) is 0 Å². The monoisotopic (exact) mass is 339 g/mol. The highest BCUT2D eigenvalue weighted by Gasteiger charge is 2.77. The van der Waals surface area contributed by atoms with Gasteiger partial charge in [-0.25, -0.2) is 0 Å². The number of hydrogen-bond acceptors (Lipinski definition) is 2. The van der Waals surface area contributed by atoms with Crippen LogP contribution in [0.5, 0.6) is 0 Å². The van der Waals surface area contributed by atoms with Gasteiger partial charge in [-0.3, -0.25) is 4.79 Å². The van der Waals surface area contributed by atoms with Gasteiger partial charge in [-0.05, 0) is 84.5 Å². The molecule has 2 heteroatoms. The molecule has 5 aliphatic carbocycles. The van der Waals surface area contributed by atoms with E-state index in [1.807, 2.05) is 12.3 Å². The average Bonchev–Trinajstić information content (AvgIpc) is 3.18. The third-order valence-electron chi connectivity index (χ3n) is 9.98. The summed E-state index contributed by atoms with van der Waals surface area (Å²) in [6.07, 6.45) is 9.49. The molecule has 0 unspecified atom stereocenters. The Kier molecular flexibility index (Phi) is 3.17. The lowest BCUT2D eigenvalue weighted by molar-refractivity contribution is -0.116. The van der Waals surface area contributed by atoms with Crippen LogP contribution in [0.3, 0.4) is 0 Å². The molecule has 0 heterocycles. The van der Waals surface area contributed by atoms with E-state index in [0.29, 0.717) is 23.0 Å². The summed E-state index contributed by atoms with van der Waals surface area (Å²) in [7, 11) is 0. The first-order valence-corrected chi connectivity index (χ1v) is 10.6. The first-order valence-electron chi connectivity index (χ1n) is 10.6. The molecule has 25 heavy (non-hydrogen) atoms. The molecule has 5 aliphatic rings. The van der Waals surface area contributed by atoms with Gasteiger partial charge in [0.25, 0.3) is 0 Å². The van der Waals surface area contributed by atoms with E-state index in [-0.39, 0.29) is 5.41 Å². The maximum atomic E-state index is 11.9. The first kappa shape index (κ1) is 16.3. The van der Waals surface area contributed by atoms with Crippen molar-refractivity contribution in [1.82, 2.24) is 0 Å². The largest absolute Gasteiger partial charge is 0.313 e. The second kappa shape index (κ2) is 4.87. The Bertz CT molecular complexity index is 680. The van der Waals surface area contributed by atoms with Crippen LogP contribution in [-0.2, 0) is 4.79 Å². The van der Waals surface area contributed by atoms with E-state index in [4.69, 9.17) is 5.41 Å². The van der Waals surface area contributed by atoms with E-state index < -0.39 is 0 Å². The third-order valence-corrected chi connectivity index (χ3v) is 9.98. The number of ketones is 1. The lowest BCUT2D eigenvalue weighted by Gasteiger charge is -2.59. The van der Waals surface area contributed by atoms with Gasteiger partial charge in [-0.15, -0.1) is 0 Å². The highest BCUT2D eigenvalue weighted by Crippen LogP contribution is 2.80. The zero-order valence-electron chi connectivity index (χ0n) is 16.2. The van der Waals surface area contributed by atoms with E-state index in [1.165, 1.54) is 18.4 Å². The van der Waals surface area contributed by atoms with Crippen molar-refractivity contribution in [2.75, 3.05) is 0 Å². The maximum absolute atomic E-state index is 11.9. The van der Waals surface area contributed by atoms with Crippen molar-refractivity contribution in [3.8, 4) is 0 Å². The quantitative estimate of drug-likeness (QED) is 0.661. The van der Waals surface area contributed by atoms with Crippen molar-refractivity contribution >= 4 is 12.0 Å². The molecule has 0 aliphatic heterocycles. The predicted octanol–water partition coefficient (Wildman–Crippen LogP) is 5.13. The van der Waals surface area contributed by atoms with Gasteiger partial charge in [0, 0.05) is 18.1 Å². The standard InChI is InChI=1S/C23H33NO/c1-12-9-14-10-15(25)5-6-16(14)17-7-8-22(3)21(18(12)17)19-13(2)20(19)23(22,4)11-24/h10-13,16-21,24H,5-9H2,1-4H3/t12-,13+,16+,17-,18-,19-,20+,21-,22+,23+/m1/s1. The number of nitrogens with one attached hydrogen (secondary N) is 1. The van der Waals surface area contributed by atoms with Gasteiger partial charge in [0.1, 0.15) is 0 Å². The number of fused-ring (bicyclic) bond motifs is 7. The third kappa shape index (κ3) is 1.77. The number of carbonyl (C=O) groups is 1. The molecule has 136 valence electrons. The summed E-state index contributed by atoms with van der Waals surface area (Å²) in [6.45, 7) is 9.83. The van der Waals surface area contributed by atoms with E-state index in [0.717, 1.165) is 54.8 Å². The molecule has 0 amide bonds. The van der Waals surface area contributed by atoms with Gasteiger partial charge in [-0.1, -0.05) is 33.3 Å². The van der Waals surface area contributed by atoms with Crippen LogP contribution < -0.4 is 0 Å². The number of carbonyl (C=O) groups excluding carboxylic acids is 1. The second-order valence-corrected chi connectivity index (χ2v) is 10.6. The van der Waals surface area contributed by atoms with Crippen molar-refractivity contribution in [1.29, 1.82) is 5.41 Å². The van der Waals surface area contributed by atoms with Crippen LogP contribution in [-0.4, -0.2) is 12.0 Å². The van der Waals surface area contributed by atoms with E-state index >= 15 is 0 Å². The highest BCUT2D eigenvalue weighted by molar-refractivity contribution is 5.91. The summed E-state index contributed by atoms with van der Waals surface area (Å²) < 4.78 is 0. The minimum Gasteiger partial charge on any atom is -0.313 e. The molecule has 0 bridgehead atoms. The molecule has 5 rings (SSSR count). The number of hydrogen-bond donors (Lipinski definition) is 1. The summed E-state index contributed by atoms with van der Waals surface area (Å²) >= 11 is 0. The molecular formula is C23H33NO. The fourth-order valence-corrected chi connectivity index (χ4v) is 8.78. The summed E-state index contributed by atoms with van der Waals surface area (Å²) in [4.78, 5) is 11.9. The molecule has 2 nitrogen and oxygen atoms in total. The molecule has 1 N–H and O–H groups in total. The smallest absolute Gasteiger partial charge is 0.155 e. The van der Waals surface area contributed by atoms with Crippen LogP contribution in [0, 0.1) is 63.6 Å². The Morgan fingerprint density at radius 1 is 1.16 bits per heavy atom. The molecule has 0 saturated heterocycles. The van der Waals surface area contributed by atoms with E-state index in [9.17, 15) is 4.79 Å². The Hall–Kier alpha value is -0.920. The Balaban J connectivity index is 1.56. The fourth-order valence-electron chi connectivity index (χ4n) is 8.78. The van der Waals surface area contributed by atoms with Gasteiger partial charge in [-0.2, -0.15) is 0 Å². The highest BCUT2D eigenvalue weighted by atomic mass is 16.1. The first-order chi connectivity index (χ1) is 11.8. The molecule has 4 saturated carbocycles. The van der Waals surface area contributed by atoms with Crippen LogP contribution >= 0.6 is 0 Å². The average molecular weight is 340 g/mol. The van der Waals surface area contributed by atoms with Gasteiger partial charge < -0.3 is 5.41 Å². The van der Waals surface area contributed by atoms with Crippen LogP contribution in [0.1, 0.15) is 59.8 Å². The van der Waals surface area contributed by atoms with Crippen molar-refractivity contribution in [3.05, 3.63) is 11.6 Å². The van der Waals surface area contributed by atoms with Crippen LogP contribution in [0.25, 0.3) is 0 Å². The molecule has 0 spiro atoms. The van der Waals surface area contributed by atoms with E-state index in [2.05, 4.69) is 27.7 Å². The van der Waals surface area contributed by atoms with Crippen molar-refractivity contribution < 1.29 is 4.79 Å². The van der Waals surface area contributed by atoms with Crippen molar-refractivity contribution in [2.45, 2.75) is 59.8 Å². The predicted molar refractivity (Wildman–Crippen MR) is 100 cm³/mol. The van der Waals surface area contributed by atoms with Gasteiger partial charge >= 0.3 is 0 Å². The lowest BCUT2D eigenvalue weighted by Crippen LogP contribution is -2.54. The Labute approximate surface area is 152 Å². The van der Waals surface area contributed by atoms with Crippen LogP contribution in [0.2, 0.25) is 0 Å². The maximum Gasteiger partial charge on any atom is 0.155 e. The van der Waals surface area contributed by atoms with Gasteiger partial charge in [0.05, 0.1) is 0 Å². The molecule has 0 aromatic heterocycles. The topological polar surface area (TPSA) is 40.9 Å². The van der Waals surface area contributed by atoms with Crippen LogP contribution in [0.4, 0.5) is 0 Å². The Morgan fingerprint density at radius 2 is 1.92 bits per heavy atom. The normalized spacial score (nSPS) is 59.2. The molecule has 10 atom stereocenters. The lowest BCUT2D eigenvalue weighted by atomic mass is 9.45. The number of allylic oxidation sites excluding steroid dienone is 1. The number of rotatable bonds is 1. The zero-order valence-corrected chi connectivity index (χ0v) is 16.2. The minimum atomic E-state index is 0.102. The molecule has 0 aromatic rings. The second-order valence-electron chi connectivity index (χ2n) is 10.6. The van der Waals surface area contributed by atoms with Gasteiger partial charge in [0.15, 0.2) is 5.78 Å². The molecule has 0 radical (unpaired) electrons. The summed E-state index contributed by atoms with van der Waals surface area (Å²) in [5.41, 5.74) is 1.91. The molecule has 4 fully saturated rings. The minimum absolute atomic E-state index is 0.102. The summed E-state index contributed by atoms with van der Waals surface area (Å²) in [5.74, 6) is 6.56. The fraction of sp³-hybridized carbons (Fsp3) is 0.826.